The van der Waals surface area contributed by atoms with Gasteiger partial charge in [-0.3, -0.25) is 4.79 Å². The molecule has 7 nitrogen and oxygen atoms in total. The molecule has 4 aromatic rings. The van der Waals surface area contributed by atoms with Crippen molar-refractivity contribution in [2.45, 2.75) is 4.21 Å². The third-order valence-corrected chi connectivity index (χ3v) is 7.60. The number of hydrogen-bond donors (Lipinski definition) is 2. The second-order valence-corrected chi connectivity index (χ2v) is 10.3. The van der Waals surface area contributed by atoms with E-state index in [1.54, 1.807) is 24.3 Å². The van der Waals surface area contributed by atoms with Crippen molar-refractivity contribution in [2.75, 3.05) is 5.32 Å². The lowest BCUT2D eigenvalue weighted by Gasteiger charge is -2.10. The molecule has 0 fully saturated rings. The molecule has 0 aliphatic heterocycles. The van der Waals surface area contributed by atoms with Gasteiger partial charge in [0.15, 0.2) is 0 Å². The second-order valence-electron chi connectivity index (χ2n) is 6.29. The number of rotatable bonds is 4. The Bertz CT molecular complexity index is 1480. The summed E-state index contributed by atoms with van der Waals surface area (Å²) in [6.07, 6.45) is 1.32. The summed E-state index contributed by atoms with van der Waals surface area (Å²) in [6.45, 7) is 0. The van der Waals surface area contributed by atoms with Crippen LogP contribution in [0.5, 0.6) is 0 Å². The summed E-state index contributed by atoms with van der Waals surface area (Å²) < 4.78 is 32.0. The fraction of sp³-hybridized carbons (Fsp3) is 0. The minimum absolute atomic E-state index is 0.0935. The average Bonchev–Trinajstić information content (AvgIpc) is 3.16. The van der Waals surface area contributed by atoms with Gasteiger partial charge in [-0.05, 0) is 36.4 Å². The molecule has 0 bridgehead atoms. The molecule has 0 unspecified atom stereocenters. The molecule has 2 heterocycles. The molecular formula is C20H12Cl2N2O5S2. The van der Waals surface area contributed by atoms with Crippen LogP contribution in [-0.4, -0.2) is 14.4 Å². The molecule has 31 heavy (non-hydrogen) atoms. The molecule has 4 rings (SSSR count). The minimum atomic E-state index is -4.06. The summed E-state index contributed by atoms with van der Waals surface area (Å²) in [5.41, 5.74) is 1.11. The van der Waals surface area contributed by atoms with Gasteiger partial charge < -0.3 is 9.73 Å². The van der Waals surface area contributed by atoms with Gasteiger partial charge >= 0.3 is 6.03 Å². The molecular weight excluding hydrogens is 483 g/mol. The highest BCUT2D eigenvalue weighted by Gasteiger charge is 2.20. The van der Waals surface area contributed by atoms with Crippen molar-refractivity contribution in [2.24, 2.45) is 0 Å². The van der Waals surface area contributed by atoms with Gasteiger partial charge in [-0.15, -0.1) is 11.3 Å². The molecule has 0 aliphatic rings. The van der Waals surface area contributed by atoms with E-state index in [-0.39, 0.29) is 30.2 Å². The molecule has 158 valence electrons. The summed E-state index contributed by atoms with van der Waals surface area (Å²) >= 11 is 12.9. The minimum Gasteiger partial charge on any atom is -0.463 e. The molecule has 0 aliphatic carbocycles. The van der Waals surface area contributed by atoms with Crippen molar-refractivity contribution in [3.05, 3.63) is 80.4 Å². The Balaban J connectivity index is 1.56. The number of hydrogen-bond acceptors (Lipinski definition) is 6. The van der Waals surface area contributed by atoms with Gasteiger partial charge in [-0.25, -0.2) is 17.9 Å². The number of halogens is 2. The molecule has 0 spiro atoms. The maximum Gasteiger partial charge on any atom is 0.333 e. The lowest BCUT2D eigenvalue weighted by atomic mass is 10.1. The van der Waals surface area contributed by atoms with E-state index in [0.717, 1.165) is 11.3 Å². The number of anilines is 1. The number of carbonyl (C=O) groups is 1. The normalized spacial score (nSPS) is 11.4. The summed E-state index contributed by atoms with van der Waals surface area (Å²) in [7, 11) is -4.06. The monoisotopic (exact) mass is 494 g/mol. The van der Waals surface area contributed by atoms with Gasteiger partial charge in [-0.2, -0.15) is 0 Å². The van der Waals surface area contributed by atoms with Crippen LogP contribution in [-0.2, 0) is 10.0 Å². The van der Waals surface area contributed by atoms with E-state index < -0.39 is 16.1 Å². The van der Waals surface area contributed by atoms with Gasteiger partial charge in [0.1, 0.15) is 16.1 Å². The molecule has 0 radical (unpaired) electrons. The van der Waals surface area contributed by atoms with Crippen molar-refractivity contribution in [1.29, 1.82) is 0 Å². The van der Waals surface area contributed by atoms with E-state index in [9.17, 15) is 18.0 Å². The van der Waals surface area contributed by atoms with E-state index in [1.807, 2.05) is 4.72 Å². The van der Waals surface area contributed by atoms with Gasteiger partial charge in [0.25, 0.3) is 10.0 Å². The number of sulfonamides is 1. The zero-order valence-corrected chi connectivity index (χ0v) is 18.5. The number of thiophene rings is 1. The Morgan fingerprint density at radius 3 is 2.48 bits per heavy atom. The summed E-state index contributed by atoms with van der Waals surface area (Å²) in [5.74, 6) is 0. The molecule has 0 saturated carbocycles. The largest absolute Gasteiger partial charge is 0.463 e. The Morgan fingerprint density at radius 2 is 1.77 bits per heavy atom. The molecule has 11 heteroatoms. The zero-order valence-electron chi connectivity index (χ0n) is 15.4. The van der Waals surface area contributed by atoms with Crippen LogP contribution in [0.25, 0.3) is 22.1 Å². The molecule has 0 saturated heterocycles. The van der Waals surface area contributed by atoms with E-state index in [4.69, 9.17) is 27.6 Å². The van der Waals surface area contributed by atoms with Crippen LogP contribution in [0.15, 0.2) is 74.3 Å². The van der Waals surface area contributed by atoms with Gasteiger partial charge in [0.05, 0.1) is 20.3 Å². The number of fused-ring (bicyclic) bond motifs is 1. The fourth-order valence-corrected chi connectivity index (χ4v) is 5.52. The maximum absolute atomic E-state index is 12.8. The van der Waals surface area contributed by atoms with Crippen molar-refractivity contribution in [3.63, 3.8) is 0 Å². The number of nitrogens with one attached hydrogen (secondary N) is 2. The number of amides is 2. The topological polar surface area (TPSA) is 105 Å². The van der Waals surface area contributed by atoms with E-state index in [1.165, 1.54) is 36.6 Å². The van der Waals surface area contributed by atoms with Crippen LogP contribution in [0, 0.1) is 0 Å². The first kappa shape index (κ1) is 21.4. The Labute approximate surface area is 190 Å². The van der Waals surface area contributed by atoms with Crippen LogP contribution in [0.1, 0.15) is 0 Å². The predicted molar refractivity (Wildman–Crippen MR) is 122 cm³/mol. The van der Waals surface area contributed by atoms with Crippen molar-refractivity contribution in [3.8, 4) is 11.1 Å². The number of urea groups is 1. The maximum atomic E-state index is 12.8. The van der Waals surface area contributed by atoms with E-state index in [2.05, 4.69) is 5.32 Å². The summed E-state index contributed by atoms with van der Waals surface area (Å²) in [4.78, 5) is 24.9. The van der Waals surface area contributed by atoms with Crippen molar-refractivity contribution in [1.82, 2.24) is 4.72 Å². The van der Waals surface area contributed by atoms with Crippen molar-refractivity contribution < 1.29 is 17.6 Å². The highest BCUT2D eigenvalue weighted by molar-refractivity contribution is 7.92. The van der Waals surface area contributed by atoms with Crippen molar-refractivity contribution >= 4 is 67.2 Å². The Kier molecular flexibility index (Phi) is 5.76. The lowest BCUT2D eigenvalue weighted by Crippen LogP contribution is -2.33. The summed E-state index contributed by atoms with van der Waals surface area (Å²) in [6, 6.07) is 13.0. The summed E-state index contributed by atoms with van der Waals surface area (Å²) in [5, 5.41) is 2.98. The average molecular weight is 495 g/mol. The highest BCUT2D eigenvalue weighted by Crippen LogP contribution is 2.30. The van der Waals surface area contributed by atoms with Crippen LogP contribution in [0.2, 0.25) is 9.36 Å². The van der Waals surface area contributed by atoms with Crippen LogP contribution in [0.4, 0.5) is 10.5 Å². The third-order valence-electron chi connectivity index (χ3n) is 4.24. The first-order valence-electron chi connectivity index (χ1n) is 8.64. The number of para-hydroxylation sites is 1. The SMILES string of the molecule is O=C(Nc1ccc(-c2coc3ccccc3c2=O)c(Cl)c1)NS(=O)(=O)c1ccc(Cl)s1. The molecule has 0 atom stereocenters. The first-order valence-corrected chi connectivity index (χ1v) is 11.7. The first-order chi connectivity index (χ1) is 14.7. The standard InChI is InChI=1S/C20H12Cl2N2O5S2/c21-15-9-11(23-20(26)24-31(27,28)18-8-7-17(22)30-18)5-6-12(15)14-10-29-16-4-2-1-3-13(16)19(14)25/h1-10H,(H2,23,24,26). The third kappa shape index (κ3) is 4.45. The molecule has 2 N–H and O–H groups in total. The van der Waals surface area contributed by atoms with Crippen LogP contribution >= 0.6 is 34.5 Å². The van der Waals surface area contributed by atoms with Gasteiger partial charge in [-0.1, -0.05) is 41.4 Å². The molecule has 2 aromatic carbocycles. The smallest absolute Gasteiger partial charge is 0.333 e. The van der Waals surface area contributed by atoms with E-state index >= 15 is 0 Å². The van der Waals surface area contributed by atoms with E-state index in [0.29, 0.717) is 16.5 Å². The van der Waals surface area contributed by atoms with Gasteiger partial charge in [0, 0.05) is 11.3 Å². The second kappa shape index (κ2) is 8.35. The lowest BCUT2D eigenvalue weighted by molar-refractivity contribution is 0.256. The zero-order chi connectivity index (χ0) is 22.2. The number of carbonyl (C=O) groups excluding carboxylic acids is 1. The Morgan fingerprint density at radius 1 is 1.00 bits per heavy atom. The quantitative estimate of drug-likeness (QED) is 0.398. The van der Waals surface area contributed by atoms with Crippen LogP contribution < -0.4 is 15.5 Å². The fourth-order valence-electron chi connectivity index (χ4n) is 2.85. The molecule has 2 aromatic heterocycles. The van der Waals surface area contributed by atoms with Crippen LogP contribution in [0.3, 0.4) is 0 Å². The number of benzene rings is 2. The van der Waals surface area contributed by atoms with Gasteiger partial charge in [0.2, 0.25) is 5.43 Å². The molecule has 2 amide bonds. The Hall–Kier alpha value is -2.85. The highest BCUT2D eigenvalue weighted by atomic mass is 35.5. The predicted octanol–water partition coefficient (Wildman–Crippen LogP) is 5.34.